The predicted molar refractivity (Wildman–Crippen MR) is 97.8 cm³/mol. The maximum atomic E-state index is 13.3. The Morgan fingerprint density at radius 2 is 2.15 bits per heavy atom. The molecule has 0 saturated carbocycles. The minimum atomic E-state index is -0.137. The van der Waals surface area contributed by atoms with Gasteiger partial charge in [-0.25, -0.2) is 4.98 Å². The van der Waals surface area contributed by atoms with Crippen molar-refractivity contribution in [1.29, 1.82) is 0 Å². The summed E-state index contributed by atoms with van der Waals surface area (Å²) < 4.78 is 5.15. The fourth-order valence-corrected chi connectivity index (χ4v) is 4.07. The Bertz CT molecular complexity index is 823. The highest BCUT2D eigenvalue weighted by Crippen LogP contribution is 2.31. The van der Waals surface area contributed by atoms with E-state index >= 15 is 0 Å². The molecule has 0 spiro atoms. The average molecular weight is 369 g/mol. The van der Waals surface area contributed by atoms with E-state index in [9.17, 15) is 9.59 Å². The quantitative estimate of drug-likeness (QED) is 0.855. The number of aromatic amines is 1. The number of fused-ring (bicyclic) bond motifs is 4. The first-order valence-electron chi connectivity index (χ1n) is 9.22. The van der Waals surface area contributed by atoms with Gasteiger partial charge in [-0.2, -0.15) is 5.10 Å². The van der Waals surface area contributed by atoms with Crippen molar-refractivity contribution in [3.8, 4) is 11.4 Å². The first kappa shape index (κ1) is 17.7. The highest BCUT2D eigenvalue weighted by atomic mass is 16.5. The molecule has 1 aromatic heterocycles. The lowest BCUT2D eigenvalue weighted by molar-refractivity contribution is -0.140. The Hall–Kier alpha value is -2.74. The number of aromatic nitrogens is 3. The number of hydrogen-bond donors (Lipinski definition) is 1. The van der Waals surface area contributed by atoms with Crippen molar-refractivity contribution in [2.75, 3.05) is 33.4 Å². The molecule has 2 bridgehead atoms. The van der Waals surface area contributed by atoms with Gasteiger partial charge in [0.1, 0.15) is 6.33 Å². The summed E-state index contributed by atoms with van der Waals surface area (Å²) in [5, 5.41) is 6.71. The molecule has 8 nitrogen and oxygen atoms in total. The van der Waals surface area contributed by atoms with Crippen molar-refractivity contribution in [2.45, 2.75) is 18.9 Å². The van der Waals surface area contributed by atoms with Crippen LogP contribution in [0.4, 0.5) is 0 Å². The van der Waals surface area contributed by atoms with Crippen LogP contribution in [-0.2, 0) is 9.53 Å². The minimum absolute atomic E-state index is 0.0489. The van der Waals surface area contributed by atoms with Gasteiger partial charge in [0.25, 0.3) is 5.91 Å². The molecule has 2 aromatic rings. The topological polar surface area (TPSA) is 91.4 Å². The number of hydrogen-bond acceptors (Lipinski definition) is 5. The van der Waals surface area contributed by atoms with E-state index in [1.807, 2.05) is 28.0 Å². The van der Waals surface area contributed by atoms with Crippen molar-refractivity contribution in [3.63, 3.8) is 0 Å². The van der Waals surface area contributed by atoms with Gasteiger partial charge in [0, 0.05) is 38.3 Å². The van der Waals surface area contributed by atoms with Gasteiger partial charge in [0.05, 0.1) is 18.1 Å². The second-order valence-electron chi connectivity index (χ2n) is 7.04. The summed E-state index contributed by atoms with van der Waals surface area (Å²) in [6.45, 7) is 2.10. The fraction of sp³-hybridized carbons (Fsp3) is 0.474. The first-order chi connectivity index (χ1) is 13.2. The number of H-pyrrole nitrogens is 1. The molecule has 8 heteroatoms. The van der Waals surface area contributed by atoms with Crippen LogP contribution in [0.15, 0.2) is 30.6 Å². The van der Waals surface area contributed by atoms with Crippen LogP contribution >= 0.6 is 0 Å². The number of nitrogens with zero attached hydrogens (tertiary/aromatic N) is 4. The summed E-state index contributed by atoms with van der Waals surface area (Å²) in [5.41, 5.74) is 1.30. The zero-order valence-corrected chi connectivity index (χ0v) is 15.3. The van der Waals surface area contributed by atoms with Gasteiger partial charge < -0.3 is 14.5 Å². The molecule has 3 fully saturated rings. The predicted octanol–water partition coefficient (Wildman–Crippen LogP) is 1.18. The van der Waals surface area contributed by atoms with Crippen LogP contribution in [0.2, 0.25) is 0 Å². The Morgan fingerprint density at radius 1 is 1.30 bits per heavy atom. The smallest absolute Gasteiger partial charge is 0.254 e. The number of benzene rings is 1. The summed E-state index contributed by atoms with van der Waals surface area (Å²) in [5.74, 6) is 0.499. The molecule has 0 aliphatic carbocycles. The first-order valence-corrected chi connectivity index (χ1v) is 9.22. The summed E-state index contributed by atoms with van der Waals surface area (Å²) in [6, 6.07) is 7.42. The third-order valence-corrected chi connectivity index (χ3v) is 5.44. The summed E-state index contributed by atoms with van der Waals surface area (Å²) in [4.78, 5) is 34.0. The average Bonchev–Trinajstić information content (AvgIpc) is 3.09. The van der Waals surface area contributed by atoms with Crippen LogP contribution in [0.3, 0.4) is 0 Å². The Kier molecular flexibility index (Phi) is 4.89. The number of amides is 2. The lowest BCUT2D eigenvalue weighted by atomic mass is 9.94. The number of rotatable bonds is 5. The van der Waals surface area contributed by atoms with E-state index < -0.39 is 0 Å². The third-order valence-electron chi connectivity index (χ3n) is 5.44. The molecule has 27 heavy (non-hydrogen) atoms. The number of carbonyl (C=O) groups is 2. The maximum absolute atomic E-state index is 13.3. The zero-order chi connectivity index (χ0) is 18.8. The molecule has 1 aromatic carbocycles. The van der Waals surface area contributed by atoms with Gasteiger partial charge in [-0.15, -0.1) is 0 Å². The van der Waals surface area contributed by atoms with E-state index in [2.05, 4.69) is 15.2 Å². The second-order valence-corrected chi connectivity index (χ2v) is 7.04. The number of carbonyl (C=O) groups excluding carboxylic acids is 2. The molecular formula is C19H23N5O3. The normalized spacial score (nSPS) is 22.2. The van der Waals surface area contributed by atoms with Gasteiger partial charge in [0.15, 0.2) is 5.82 Å². The second kappa shape index (κ2) is 7.48. The molecule has 142 valence electrons. The Labute approximate surface area is 157 Å². The van der Waals surface area contributed by atoms with E-state index in [1.54, 1.807) is 13.2 Å². The highest BCUT2D eigenvalue weighted by molar-refractivity contribution is 6.00. The number of nitrogens with one attached hydrogen (secondary N) is 1. The van der Waals surface area contributed by atoms with Gasteiger partial charge in [-0.3, -0.25) is 14.7 Å². The summed E-state index contributed by atoms with van der Waals surface area (Å²) in [6.07, 6.45) is 3.18. The van der Waals surface area contributed by atoms with E-state index in [4.69, 9.17) is 4.74 Å². The Balaban J connectivity index is 1.60. The molecule has 3 saturated heterocycles. The number of piperidine rings is 1. The zero-order valence-electron chi connectivity index (χ0n) is 15.3. The standard InChI is InChI=1S/C19H23N5O3/c1-27-9-8-24-14-7-6-13(18(24)25)10-23(11-14)19(26)16-5-3-2-4-15(16)17-20-12-21-22-17/h2-5,12-14H,6-11H2,1H3,(H,20,21,22). The van der Waals surface area contributed by atoms with Crippen molar-refractivity contribution < 1.29 is 14.3 Å². The number of ether oxygens (including phenoxy) is 1. The lowest BCUT2D eigenvalue weighted by Crippen LogP contribution is -2.49. The number of methoxy groups -OCH3 is 1. The largest absolute Gasteiger partial charge is 0.383 e. The molecule has 3 aliphatic heterocycles. The minimum Gasteiger partial charge on any atom is -0.383 e. The van der Waals surface area contributed by atoms with Gasteiger partial charge >= 0.3 is 0 Å². The SMILES string of the molecule is COCCN1C(=O)C2CCC1CN(C(=O)c1ccccc1-c1ncn[nH]1)C2. The van der Waals surface area contributed by atoms with Crippen LogP contribution in [0.25, 0.3) is 11.4 Å². The third kappa shape index (κ3) is 3.32. The lowest BCUT2D eigenvalue weighted by Gasteiger charge is -2.35. The van der Waals surface area contributed by atoms with Crippen molar-refractivity contribution in [2.24, 2.45) is 5.92 Å². The summed E-state index contributed by atoms with van der Waals surface area (Å²) in [7, 11) is 1.64. The van der Waals surface area contributed by atoms with Crippen LogP contribution in [0, 0.1) is 5.92 Å². The molecule has 2 atom stereocenters. The molecule has 3 aliphatic rings. The van der Waals surface area contributed by atoms with E-state index in [-0.39, 0.29) is 23.8 Å². The van der Waals surface area contributed by atoms with Crippen molar-refractivity contribution in [3.05, 3.63) is 36.2 Å². The molecule has 1 N–H and O–H groups in total. The molecular weight excluding hydrogens is 346 g/mol. The molecule has 0 radical (unpaired) electrons. The molecule has 4 heterocycles. The van der Waals surface area contributed by atoms with Crippen LogP contribution < -0.4 is 0 Å². The van der Waals surface area contributed by atoms with E-state index in [0.29, 0.717) is 37.6 Å². The van der Waals surface area contributed by atoms with Crippen molar-refractivity contribution in [1.82, 2.24) is 25.0 Å². The van der Waals surface area contributed by atoms with Gasteiger partial charge in [-0.05, 0) is 18.9 Å². The molecule has 5 rings (SSSR count). The Morgan fingerprint density at radius 3 is 2.93 bits per heavy atom. The van der Waals surface area contributed by atoms with E-state index in [1.165, 1.54) is 6.33 Å². The maximum Gasteiger partial charge on any atom is 0.254 e. The van der Waals surface area contributed by atoms with Crippen LogP contribution in [0.1, 0.15) is 23.2 Å². The summed E-state index contributed by atoms with van der Waals surface area (Å²) >= 11 is 0. The monoisotopic (exact) mass is 369 g/mol. The van der Waals surface area contributed by atoms with Gasteiger partial charge in [0.2, 0.25) is 5.91 Å². The van der Waals surface area contributed by atoms with Crippen LogP contribution in [-0.4, -0.2) is 76.2 Å². The molecule has 2 unspecified atom stereocenters. The van der Waals surface area contributed by atoms with Gasteiger partial charge in [-0.1, -0.05) is 18.2 Å². The van der Waals surface area contributed by atoms with Crippen molar-refractivity contribution >= 4 is 11.8 Å². The van der Waals surface area contributed by atoms with E-state index in [0.717, 1.165) is 18.4 Å². The fourth-order valence-electron chi connectivity index (χ4n) is 4.07. The van der Waals surface area contributed by atoms with Crippen LogP contribution in [0.5, 0.6) is 0 Å². The highest BCUT2D eigenvalue weighted by Gasteiger charge is 2.42. The molecule has 2 amide bonds.